The summed E-state index contributed by atoms with van der Waals surface area (Å²) in [6.45, 7) is 1.83. The normalized spacial score (nSPS) is 14.0. The lowest BCUT2D eigenvalue weighted by Crippen LogP contribution is -2.19. The zero-order valence-electron chi connectivity index (χ0n) is 15.6. The average molecular weight is 371 g/mol. The topological polar surface area (TPSA) is 70.6 Å². The zero-order chi connectivity index (χ0) is 19.5. The summed E-state index contributed by atoms with van der Waals surface area (Å²) < 4.78 is 0. The molecule has 3 aromatic carbocycles. The fourth-order valence-corrected chi connectivity index (χ4v) is 3.07. The molecule has 1 aliphatic rings. The van der Waals surface area contributed by atoms with E-state index >= 15 is 0 Å². The molecule has 140 valence electrons. The Balaban J connectivity index is 1.45. The van der Waals surface area contributed by atoms with Crippen molar-refractivity contribution in [2.24, 2.45) is 11.0 Å². The standard InChI is InChI=1S/C23H21N3O2/c1-15(16-11-13-19(14-12-16)24-22(27)18-9-10-18)25-26-23(28)21-8-4-6-17-5-2-3-7-20(17)21/h2-8,11-14,18H,9-10H2,1H3,(H,24,27)(H,26,28)/b25-15+. The van der Waals surface area contributed by atoms with Gasteiger partial charge in [-0.25, -0.2) is 5.43 Å². The van der Waals surface area contributed by atoms with Gasteiger partial charge in [-0.2, -0.15) is 5.10 Å². The highest BCUT2D eigenvalue weighted by Crippen LogP contribution is 2.30. The Labute approximate surface area is 163 Å². The van der Waals surface area contributed by atoms with Crippen molar-refractivity contribution < 1.29 is 9.59 Å². The molecule has 2 N–H and O–H groups in total. The highest BCUT2D eigenvalue weighted by molar-refractivity contribution is 6.08. The lowest BCUT2D eigenvalue weighted by atomic mass is 10.0. The largest absolute Gasteiger partial charge is 0.326 e. The maximum atomic E-state index is 12.6. The summed E-state index contributed by atoms with van der Waals surface area (Å²) in [7, 11) is 0. The molecule has 0 unspecified atom stereocenters. The van der Waals surface area contributed by atoms with E-state index in [1.165, 1.54) is 0 Å². The average Bonchev–Trinajstić information content (AvgIpc) is 3.57. The number of nitrogens with one attached hydrogen (secondary N) is 2. The smallest absolute Gasteiger partial charge is 0.272 e. The first-order valence-corrected chi connectivity index (χ1v) is 9.35. The Hall–Kier alpha value is -3.47. The molecule has 1 fully saturated rings. The van der Waals surface area contributed by atoms with Crippen molar-refractivity contribution in [2.45, 2.75) is 19.8 Å². The minimum absolute atomic E-state index is 0.0838. The summed E-state index contributed by atoms with van der Waals surface area (Å²) in [6, 6.07) is 20.9. The second-order valence-electron chi connectivity index (χ2n) is 7.01. The number of benzene rings is 3. The number of nitrogens with zero attached hydrogens (tertiary/aromatic N) is 1. The van der Waals surface area contributed by atoms with Crippen molar-refractivity contribution >= 4 is 34.0 Å². The van der Waals surface area contributed by atoms with Gasteiger partial charge in [0.25, 0.3) is 5.91 Å². The molecule has 3 aromatic rings. The monoisotopic (exact) mass is 371 g/mol. The first kappa shape index (κ1) is 17.9. The molecule has 5 nitrogen and oxygen atoms in total. The van der Waals surface area contributed by atoms with Crippen LogP contribution >= 0.6 is 0 Å². The molecular weight excluding hydrogens is 350 g/mol. The van der Waals surface area contributed by atoms with Crippen LogP contribution in [0.4, 0.5) is 5.69 Å². The summed E-state index contributed by atoms with van der Waals surface area (Å²) in [6.07, 6.45) is 1.96. The molecule has 4 rings (SSSR count). The summed E-state index contributed by atoms with van der Waals surface area (Å²) >= 11 is 0. The van der Waals surface area contributed by atoms with Crippen molar-refractivity contribution in [1.82, 2.24) is 5.43 Å². The maximum Gasteiger partial charge on any atom is 0.272 e. The first-order valence-electron chi connectivity index (χ1n) is 9.35. The lowest BCUT2D eigenvalue weighted by Gasteiger charge is -2.07. The predicted octanol–water partition coefficient (Wildman–Crippen LogP) is 4.34. The third kappa shape index (κ3) is 3.93. The van der Waals surface area contributed by atoms with E-state index in [1.807, 2.05) is 67.6 Å². The number of amides is 2. The van der Waals surface area contributed by atoms with Gasteiger partial charge in [-0.3, -0.25) is 9.59 Å². The second kappa shape index (κ2) is 7.64. The third-order valence-corrected chi connectivity index (χ3v) is 4.88. The number of carbonyl (C=O) groups is 2. The van der Waals surface area contributed by atoms with Crippen molar-refractivity contribution in [3.8, 4) is 0 Å². The molecule has 0 aromatic heterocycles. The summed E-state index contributed by atoms with van der Waals surface area (Å²) in [5.74, 6) is 0.0113. The number of fused-ring (bicyclic) bond motifs is 1. The fourth-order valence-electron chi connectivity index (χ4n) is 3.07. The van der Waals surface area contributed by atoms with Gasteiger partial charge < -0.3 is 5.32 Å². The number of anilines is 1. The van der Waals surface area contributed by atoms with Gasteiger partial charge in [0.05, 0.1) is 5.71 Å². The number of hydrogen-bond donors (Lipinski definition) is 2. The van der Waals surface area contributed by atoms with Crippen LogP contribution in [-0.2, 0) is 4.79 Å². The first-order chi connectivity index (χ1) is 13.6. The molecule has 2 amide bonds. The van der Waals surface area contributed by atoms with E-state index in [9.17, 15) is 9.59 Å². The summed E-state index contributed by atoms with van der Waals surface area (Å²) in [5.41, 5.74) is 5.57. The highest BCUT2D eigenvalue weighted by atomic mass is 16.2. The third-order valence-electron chi connectivity index (χ3n) is 4.88. The van der Waals surface area contributed by atoms with E-state index in [-0.39, 0.29) is 17.7 Å². The van der Waals surface area contributed by atoms with Gasteiger partial charge >= 0.3 is 0 Å². The van der Waals surface area contributed by atoms with Gasteiger partial charge in [-0.15, -0.1) is 0 Å². The molecule has 0 aliphatic heterocycles. The van der Waals surface area contributed by atoms with Gasteiger partial charge in [0.2, 0.25) is 5.91 Å². The summed E-state index contributed by atoms with van der Waals surface area (Å²) in [4.78, 5) is 24.4. The van der Waals surface area contributed by atoms with Crippen LogP contribution in [0.5, 0.6) is 0 Å². The molecule has 0 saturated heterocycles. The van der Waals surface area contributed by atoms with Crippen LogP contribution in [0.3, 0.4) is 0 Å². The van der Waals surface area contributed by atoms with Crippen molar-refractivity contribution in [2.75, 3.05) is 5.32 Å². The van der Waals surface area contributed by atoms with Crippen LogP contribution in [-0.4, -0.2) is 17.5 Å². The number of rotatable bonds is 5. The van der Waals surface area contributed by atoms with Gasteiger partial charge in [-0.1, -0.05) is 48.5 Å². The highest BCUT2D eigenvalue weighted by Gasteiger charge is 2.29. The molecule has 0 bridgehead atoms. The lowest BCUT2D eigenvalue weighted by molar-refractivity contribution is -0.117. The summed E-state index contributed by atoms with van der Waals surface area (Å²) in [5, 5.41) is 9.05. The molecule has 0 heterocycles. The minimum atomic E-state index is -0.246. The number of hydrogen-bond acceptors (Lipinski definition) is 3. The SMILES string of the molecule is C/C(=N\NC(=O)c1cccc2ccccc12)c1ccc(NC(=O)C2CC2)cc1. The van der Waals surface area contributed by atoms with E-state index in [1.54, 1.807) is 6.07 Å². The minimum Gasteiger partial charge on any atom is -0.326 e. The van der Waals surface area contributed by atoms with Crippen LogP contribution in [0.15, 0.2) is 71.8 Å². The van der Waals surface area contributed by atoms with Gasteiger partial charge in [0.1, 0.15) is 0 Å². The van der Waals surface area contributed by atoms with E-state index < -0.39 is 0 Å². The van der Waals surface area contributed by atoms with Gasteiger partial charge in [0.15, 0.2) is 0 Å². The Morgan fingerprint density at radius 3 is 2.39 bits per heavy atom. The Bertz CT molecular complexity index is 1060. The molecule has 28 heavy (non-hydrogen) atoms. The van der Waals surface area contributed by atoms with Crippen molar-refractivity contribution in [3.63, 3.8) is 0 Å². The molecule has 0 spiro atoms. The van der Waals surface area contributed by atoms with E-state index in [0.29, 0.717) is 11.3 Å². The Kier molecular flexibility index (Phi) is 4.89. The Morgan fingerprint density at radius 1 is 0.929 bits per heavy atom. The van der Waals surface area contributed by atoms with Crippen LogP contribution in [0.1, 0.15) is 35.7 Å². The Morgan fingerprint density at radius 2 is 1.64 bits per heavy atom. The molecule has 0 radical (unpaired) electrons. The second-order valence-corrected chi connectivity index (χ2v) is 7.01. The van der Waals surface area contributed by atoms with Crippen molar-refractivity contribution in [3.05, 3.63) is 77.9 Å². The van der Waals surface area contributed by atoms with Crippen LogP contribution in [0.25, 0.3) is 10.8 Å². The van der Waals surface area contributed by atoms with Crippen LogP contribution in [0, 0.1) is 5.92 Å². The molecule has 5 heteroatoms. The zero-order valence-corrected chi connectivity index (χ0v) is 15.6. The van der Waals surface area contributed by atoms with Crippen LogP contribution in [0.2, 0.25) is 0 Å². The van der Waals surface area contributed by atoms with Gasteiger partial charge in [-0.05, 0) is 54.3 Å². The van der Waals surface area contributed by atoms with Crippen LogP contribution < -0.4 is 10.7 Å². The fraction of sp³-hybridized carbons (Fsp3) is 0.174. The molecular formula is C23H21N3O2. The van der Waals surface area contributed by atoms with Crippen molar-refractivity contribution in [1.29, 1.82) is 0 Å². The van der Waals surface area contributed by atoms with Gasteiger partial charge in [0, 0.05) is 17.2 Å². The molecule has 1 aliphatic carbocycles. The van der Waals surface area contributed by atoms with E-state index in [0.717, 1.165) is 34.9 Å². The molecule has 1 saturated carbocycles. The van der Waals surface area contributed by atoms with E-state index in [4.69, 9.17) is 0 Å². The molecule has 0 atom stereocenters. The number of hydrazone groups is 1. The number of carbonyl (C=O) groups excluding carboxylic acids is 2. The van der Waals surface area contributed by atoms with E-state index in [2.05, 4.69) is 15.8 Å². The predicted molar refractivity (Wildman–Crippen MR) is 111 cm³/mol. The quantitative estimate of drug-likeness (QED) is 0.517. The maximum absolute atomic E-state index is 12.6.